The molecular formula is C10H16. The van der Waals surface area contributed by atoms with Crippen LogP contribution in [0, 0.1) is 5.92 Å². The Morgan fingerprint density at radius 1 is 1.10 bits per heavy atom. The van der Waals surface area contributed by atoms with E-state index in [2.05, 4.69) is 18.7 Å². The Labute approximate surface area is 63.6 Å². The van der Waals surface area contributed by atoms with E-state index in [4.69, 9.17) is 0 Å². The predicted octanol–water partition coefficient (Wildman–Crippen LogP) is 3.31. The highest BCUT2D eigenvalue weighted by atomic mass is 14.1. The molecule has 1 fully saturated rings. The van der Waals surface area contributed by atoms with E-state index in [0.717, 1.165) is 5.92 Å². The third kappa shape index (κ3) is 2.38. The molecule has 0 bridgehead atoms. The molecule has 0 N–H and O–H groups in total. The Balaban J connectivity index is 2.25. The summed E-state index contributed by atoms with van der Waals surface area (Å²) in [5.41, 5.74) is 0. The summed E-state index contributed by atoms with van der Waals surface area (Å²) in [6.45, 7) is 3.66. The molecule has 0 atom stereocenters. The van der Waals surface area contributed by atoms with Gasteiger partial charge in [-0.2, -0.15) is 0 Å². The summed E-state index contributed by atoms with van der Waals surface area (Å²) < 4.78 is 0. The van der Waals surface area contributed by atoms with Gasteiger partial charge in [-0.3, -0.25) is 0 Å². The largest absolute Gasteiger partial charge is 0.0991 e. The van der Waals surface area contributed by atoms with E-state index in [1.54, 1.807) is 0 Å². The molecule has 0 saturated heterocycles. The summed E-state index contributed by atoms with van der Waals surface area (Å²) in [7, 11) is 0. The van der Waals surface area contributed by atoms with Crippen LogP contribution in [0.25, 0.3) is 0 Å². The van der Waals surface area contributed by atoms with Crippen LogP contribution in [0.4, 0.5) is 0 Å². The van der Waals surface area contributed by atoms with Crippen LogP contribution in [-0.2, 0) is 0 Å². The van der Waals surface area contributed by atoms with Gasteiger partial charge in [-0.05, 0) is 18.8 Å². The smallest absolute Gasteiger partial charge is 0.0230 e. The topological polar surface area (TPSA) is 0 Å². The maximum absolute atomic E-state index is 3.66. The van der Waals surface area contributed by atoms with Crippen molar-refractivity contribution in [2.75, 3.05) is 0 Å². The standard InChI is InChI=1S/C10H16/c1-2-3-7-10-8-5-4-6-9-10/h2-3,7,10H,1,4-6,8-9H2/b7-3-. The van der Waals surface area contributed by atoms with Crippen molar-refractivity contribution in [2.45, 2.75) is 32.1 Å². The second-order valence-electron chi connectivity index (χ2n) is 3.02. The van der Waals surface area contributed by atoms with E-state index in [1.807, 2.05) is 6.08 Å². The van der Waals surface area contributed by atoms with Crippen molar-refractivity contribution < 1.29 is 0 Å². The third-order valence-corrected chi connectivity index (χ3v) is 2.17. The lowest BCUT2D eigenvalue weighted by molar-refractivity contribution is 0.419. The Morgan fingerprint density at radius 3 is 2.40 bits per heavy atom. The first-order chi connectivity index (χ1) is 4.93. The Hall–Kier alpha value is -0.520. The lowest BCUT2D eigenvalue weighted by atomic mass is 9.89. The second kappa shape index (κ2) is 4.32. The molecule has 0 aromatic rings. The quantitative estimate of drug-likeness (QED) is 0.511. The van der Waals surface area contributed by atoms with Crippen LogP contribution in [-0.4, -0.2) is 0 Å². The average Bonchev–Trinajstić information content (AvgIpc) is 2.03. The van der Waals surface area contributed by atoms with Gasteiger partial charge in [0.25, 0.3) is 0 Å². The molecule has 0 aromatic heterocycles. The summed E-state index contributed by atoms with van der Waals surface area (Å²) in [5.74, 6) is 0.853. The van der Waals surface area contributed by atoms with Gasteiger partial charge in [0.05, 0.1) is 0 Å². The van der Waals surface area contributed by atoms with Gasteiger partial charge in [-0.1, -0.05) is 44.1 Å². The Morgan fingerprint density at radius 2 is 1.80 bits per heavy atom. The predicted molar refractivity (Wildman–Crippen MR) is 45.9 cm³/mol. The van der Waals surface area contributed by atoms with Gasteiger partial charge in [0.2, 0.25) is 0 Å². The molecule has 1 rings (SSSR count). The van der Waals surface area contributed by atoms with Crippen LogP contribution in [0.3, 0.4) is 0 Å². The molecule has 10 heavy (non-hydrogen) atoms. The van der Waals surface area contributed by atoms with Crippen molar-refractivity contribution in [1.82, 2.24) is 0 Å². The first kappa shape index (κ1) is 7.59. The molecule has 0 spiro atoms. The lowest BCUT2D eigenvalue weighted by Crippen LogP contribution is -2.02. The van der Waals surface area contributed by atoms with Crippen LogP contribution < -0.4 is 0 Å². The van der Waals surface area contributed by atoms with Gasteiger partial charge in [-0.15, -0.1) is 0 Å². The van der Waals surface area contributed by atoms with Crippen LogP contribution in [0.2, 0.25) is 0 Å². The molecule has 1 aliphatic carbocycles. The van der Waals surface area contributed by atoms with E-state index in [9.17, 15) is 0 Å². The SMILES string of the molecule is C=C/C=C\C1CCCCC1. The molecule has 1 aliphatic rings. The molecule has 0 aliphatic heterocycles. The highest BCUT2D eigenvalue weighted by Crippen LogP contribution is 2.24. The molecule has 0 nitrogen and oxygen atoms in total. The normalized spacial score (nSPS) is 21.6. The zero-order chi connectivity index (χ0) is 7.23. The minimum atomic E-state index is 0.853. The minimum absolute atomic E-state index is 0.853. The van der Waals surface area contributed by atoms with Crippen LogP contribution >= 0.6 is 0 Å². The molecule has 0 heterocycles. The third-order valence-electron chi connectivity index (χ3n) is 2.17. The fourth-order valence-electron chi connectivity index (χ4n) is 1.56. The molecule has 1 saturated carbocycles. The van der Waals surface area contributed by atoms with Gasteiger partial charge in [0, 0.05) is 0 Å². The van der Waals surface area contributed by atoms with E-state index < -0.39 is 0 Å². The van der Waals surface area contributed by atoms with Crippen molar-refractivity contribution in [2.24, 2.45) is 5.92 Å². The van der Waals surface area contributed by atoms with Crippen LogP contribution in [0.5, 0.6) is 0 Å². The van der Waals surface area contributed by atoms with Gasteiger partial charge in [-0.25, -0.2) is 0 Å². The van der Waals surface area contributed by atoms with Crippen molar-refractivity contribution in [3.8, 4) is 0 Å². The Kier molecular flexibility index (Phi) is 3.28. The molecule has 0 aromatic carbocycles. The average molecular weight is 136 g/mol. The summed E-state index contributed by atoms with van der Waals surface area (Å²) >= 11 is 0. The first-order valence-electron chi connectivity index (χ1n) is 4.22. The highest BCUT2D eigenvalue weighted by molar-refractivity contribution is 5.00. The zero-order valence-corrected chi connectivity index (χ0v) is 6.55. The van der Waals surface area contributed by atoms with Crippen LogP contribution in [0.15, 0.2) is 24.8 Å². The minimum Gasteiger partial charge on any atom is -0.0991 e. The van der Waals surface area contributed by atoms with E-state index in [-0.39, 0.29) is 0 Å². The summed E-state index contributed by atoms with van der Waals surface area (Å²) in [6.07, 6.45) is 13.3. The van der Waals surface area contributed by atoms with Crippen molar-refractivity contribution in [3.05, 3.63) is 24.8 Å². The molecule has 0 radical (unpaired) electrons. The van der Waals surface area contributed by atoms with Gasteiger partial charge in [0.15, 0.2) is 0 Å². The zero-order valence-electron chi connectivity index (χ0n) is 6.55. The Bertz CT molecular complexity index is 116. The van der Waals surface area contributed by atoms with Crippen molar-refractivity contribution >= 4 is 0 Å². The van der Waals surface area contributed by atoms with Gasteiger partial charge in [0.1, 0.15) is 0 Å². The maximum Gasteiger partial charge on any atom is -0.0230 e. The maximum atomic E-state index is 3.66. The number of rotatable bonds is 2. The first-order valence-corrected chi connectivity index (χ1v) is 4.22. The summed E-state index contributed by atoms with van der Waals surface area (Å²) in [4.78, 5) is 0. The summed E-state index contributed by atoms with van der Waals surface area (Å²) in [5, 5.41) is 0. The van der Waals surface area contributed by atoms with Crippen molar-refractivity contribution in [1.29, 1.82) is 0 Å². The number of hydrogen-bond acceptors (Lipinski definition) is 0. The van der Waals surface area contributed by atoms with Crippen molar-refractivity contribution in [3.63, 3.8) is 0 Å². The van der Waals surface area contributed by atoms with Crippen LogP contribution in [0.1, 0.15) is 32.1 Å². The van der Waals surface area contributed by atoms with Gasteiger partial charge >= 0.3 is 0 Å². The molecule has 0 amide bonds. The lowest BCUT2D eigenvalue weighted by Gasteiger charge is -2.17. The molecule has 0 heteroatoms. The molecule has 56 valence electrons. The second-order valence-corrected chi connectivity index (χ2v) is 3.02. The fourth-order valence-corrected chi connectivity index (χ4v) is 1.56. The molecule has 0 unspecified atom stereocenters. The monoisotopic (exact) mass is 136 g/mol. The van der Waals surface area contributed by atoms with E-state index in [0.29, 0.717) is 0 Å². The van der Waals surface area contributed by atoms with Gasteiger partial charge < -0.3 is 0 Å². The fraction of sp³-hybridized carbons (Fsp3) is 0.600. The number of allylic oxidation sites excluding steroid dienone is 3. The number of hydrogen-bond donors (Lipinski definition) is 0. The van der Waals surface area contributed by atoms with E-state index >= 15 is 0 Å². The summed E-state index contributed by atoms with van der Waals surface area (Å²) in [6, 6.07) is 0. The molecular weight excluding hydrogens is 120 g/mol. The van der Waals surface area contributed by atoms with E-state index in [1.165, 1.54) is 32.1 Å². The highest BCUT2D eigenvalue weighted by Gasteiger charge is 2.08.